The molecule has 0 spiro atoms. The van der Waals surface area contributed by atoms with Crippen molar-refractivity contribution in [3.63, 3.8) is 0 Å². The Kier molecular flexibility index (Phi) is 5.63. The van der Waals surface area contributed by atoms with E-state index in [-0.39, 0.29) is 21.2 Å². The van der Waals surface area contributed by atoms with Crippen LogP contribution in [0.3, 0.4) is 0 Å². The second-order valence-electron chi connectivity index (χ2n) is 4.48. The number of rotatable bonds is 6. The van der Waals surface area contributed by atoms with Crippen molar-refractivity contribution in [2.75, 3.05) is 0 Å². The van der Waals surface area contributed by atoms with Gasteiger partial charge < -0.3 is 10.0 Å². The minimum atomic E-state index is -4.20. The molecular weight excluding hydrogens is 394 g/mol. The third-order valence-electron chi connectivity index (χ3n) is 2.88. The third-order valence-corrected chi connectivity index (χ3v) is 5.72. The predicted molar refractivity (Wildman–Crippen MR) is 85.7 cm³/mol. The van der Waals surface area contributed by atoms with Crippen LogP contribution >= 0.6 is 11.6 Å². The summed E-state index contributed by atoms with van der Waals surface area (Å²) in [4.78, 5) is 7.11. The monoisotopic (exact) mass is 403 g/mol. The van der Waals surface area contributed by atoms with E-state index < -0.39 is 24.9 Å². The molecule has 0 unspecified atom stereocenters. The molecule has 0 saturated heterocycles. The Labute approximate surface area is 148 Å². The van der Waals surface area contributed by atoms with Gasteiger partial charge >= 0.3 is 0 Å². The van der Waals surface area contributed by atoms with Gasteiger partial charge in [-0.05, 0) is 29.2 Å². The van der Waals surface area contributed by atoms with Crippen LogP contribution in [0.25, 0.3) is 0 Å². The van der Waals surface area contributed by atoms with Crippen molar-refractivity contribution in [1.29, 1.82) is 5.26 Å². The van der Waals surface area contributed by atoms with E-state index >= 15 is 0 Å². The lowest BCUT2D eigenvalue weighted by Crippen LogP contribution is -2.28. The Bertz CT molecular complexity index is 1050. The smallest absolute Gasteiger partial charge is 0.272 e. The van der Waals surface area contributed by atoms with E-state index in [1.54, 1.807) is 6.07 Å². The van der Waals surface area contributed by atoms with Gasteiger partial charge in [0.15, 0.2) is 0 Å². The SMILES string of the molecule is N#Cc1ccccc1S(=O)(=O)NOc1ccc(S(=O)(=O)NO)c(Cl)c1. The highest BCUT2D eigenvalue weighted by Crippen LogP contribution is 2.26. The van der Waals surface area contributed by atoms with Gasteiger partial charge in [-0.1, -0.05) is 28.6 Å². The van der Waals surface area contributed by atoms with Gasteiger partial charge in [0.1, 0.15) is 21.6 Å². The Balaban J connectivity index is 2.25. The molecule has 0 saturated carbocycles. The fourth-order valence-electron chi connectivity index (χ4n) is 1.75. The lowest BCUT2D eigenvalue weighted by Gasteiger charge is -2.10. The fourth-order valence-corrected chi connectivity index (χ4v) is 3.85. The summed E-state index contributed by atoms with van der Waals surface area (Å²) in [5, 5.41) is 17.2. The summed E-state index contributed by atoms with van der Waals surface area (Å²) < 4.78 is 47.3. The molecule has 0 radical (unpaired) electrons. The molecule has 2 aromatic rings. The highest BCUT2D eigenvalue weighted by molar-refractivity contribution is 7.89. The minimum absolute atomic E-state index is 0.0768. The number of hydrogen-bond donors (Lipinski definition) is 3. The Morgan fingerprint density at radius 2 is 1.72 bits per heavy atom. The summed E-state index contributed by atoms with van der Waals surface area (Å²) in [6.45, 7) is 0. The first-order valence-corrected chi connectivity index (χ1v) is 9.69. The number of sulfonamides is 2. The molecule has 0 fully saturated rings. The molecule has 0 amide bonds. The van der Waals surface area contributed by atoms with E-state index in [4.69, 9.17) is 26.9 Å². The van der Waals surface area contributed by atoms with E-state index in [0.717, 1.165) is 23.1 Å². The van der Waals surface area contributed by atoms with Gasteiger partial charge in [-0.3, -0.25) is 0 Å². The zero-order valence-corrected chi connectivity index (χ0v) is 14.6. The van der Waals surface area contributed by atoms with E-state index in [2.05, 4.69) is 0 Å². The zero-order valence-electron chi connectivity index (χ0n) is 12.2. The first-order chi connectivity index (χ1) is 11.7. The largest absolute Gasteiger partial charge is 0.394 e. The lowest BCUT2D eigenvalue weighted by molar-refractivity contribution is 0.242. The standard InChI is InChI=1S/C13H10ClN3O6S2/c14-11-7-10(5-6-13(11)24(19,20)16-18)23-17-25(21,22)12-4-2-1-3-9(12)8-15/h1-7,16-18H. The van der Waals surface area contributed by atoms with Crippen LogP contribution in [0.2, 0.25) is 5.02 Å². The molecule has 12 heteroatoms. The van der Waals surface area contributed by atoms with Crippen LogP contribution < -0.4 is 14.6 Å². The first-order valence-electron chi connectivity index (χ1n) is 6.34. The van der Waals surface area contributed by atoms with E-state index in [1.165, 1.54) is 24.3 Å². The van der Waals surface area contributed by atoms with Gasteiger partial charge in [0.2, 0.25) is 0 Å². The maximum atomic E-state index is 12.2. The van der Waals surface area contributed by atoms with Crippen LogP contribution in [0, 0.1) is 11.3 Å². The summed E-state index contributed by atoms with van der Waals surface area (Å²) in [6, 6.07) is 10.4. The normalized spacial score (nSPS) is 11.7. The van der Waals surface area contributed by atoms with Crippen molar-refractivity contribution < 1.29 is 26.9 Å². The number of nitrogens with one attached hydrogen (secondary N) is 2. The third kappa shape index (κ3) is 4.26. The predicted octanol–water partition coefficient (Wildman–Crippen LogP) is 1.15. The van der Waals surface area contributed by atoms with Crippen molar-refractivity contribution in [1.82, 2.24) is 9.77 Å². The van der Waals surface area contributed by atoms with Crippen molar-refractivity contribution in [3.8, 4) is 11.8 Å². The molecule has 0 aliphatic carbocycles. The van der Waals surface area contributed by atoms with Crippen molar-refractivity contribution in [2.45, 2.75) is 9.79 Å². The molecule has 0 aliphatic heterocycles. The number of hydrogen-bond acceptors (Lipinski definition) is 7. The minimum Gasteiger partial charge on any atom is -0.394 e. The molecule has 0 atom stereocenters. The molecule has 0 aliphatic rings. The van der Waals surface area contributed by atoms with Gasteiger partial charge in [0.05, 0.1) is 10.6 Å². The van der Waals surface area contributed by atoms with Crippen molar-refractivity contribution in [2.24, 2.45) is 0 Å². The molecule has 3 N–H and O–H groups in total. The maximum Gasteiger partial charge on any atom is 0.272 e. The van der Waals surface area contributed by atoms with Gasteiger partial charge in [0.25, 0.3) is 20.0 Å². The lowest BCUT2D eigenvalue weighted by atomic mass is 10.2. The quantitative estimate of drug-likeness (QED) is 0.613. The Morgan fingerprint density at radius 1 is 1.04 bits per heavy atom. The molecular formula is C13H10ClN3O6S2. The zero-order chi connectivity index (χ0) is 18.7. The highest BCUT2D eigenvalue weighted by atomic mass is 35.5. The topological polar surface area (TPSA) is 146 Å². The Morgan fingerprint density at radius 3 is 2.32 bits per heavy atom. The van der Waals surface area contributed by atoms with Crippen LogP contribution in [0.5, 0.6) is 5.75 Å². The summed E-state index contributed by atoms with van der Waals surface area (Å²) in [5.74, 6) is -0.111. The number of halogens is 1. The summed E-state index contributed by atoms with van der Waals surface area (Å²) in [7, 11) is -8.36. The van der Waals surface area contributed by atoms with Crippen LogP contribution in [-0.2, 0) is 20.0 Å². The van der Waals surface area contributed by atoms with Gasteiger partial charge in [-0.25, -0.2) is 16.8 Å². The van der Waals surface area contributed by atoms with Crippen LogP contribution in [0.4, 0.5) is 0 Å². The van der Waals surface area contributed by atoms with Gasteiger partial charge in [0, 0.05) is 6.07 Å². The van der Waals surface area contributed by atoms with Crippen molar-refractivity contribution >= 4 is 31.6 Å². The molecule has 9 nitrogen and oxygen atoms in total. The highest BCUT2D eigenvalue weighted by Gasteiger charge is 2.20. The molecule has 2 rings (SSSR count). The van der Waals surface area contributed by atoms with E-state index in [1.807, 2.05) is 4.89 Å². The van der Waals surface area contributed by atoms with Crippen LogP contribution in [0.15, 0.2) is 52.3 Å². The fraction of sp³-hybridized carbons (Fsp3) is 0. The van der Waals surface area contributed by atoms with Gasteiger partial charge in [-0.2, -0.15) is 5.26 Å². The number of nitrogens with zero attached hydrogens (tertiary/aromatic N) is 1. The van der Waals surface area contributed by atoms with Crippen molar-refractivity contribution in [3.05, 3.63) is 53.1 Å². The van der Waals surface area contributed by atoms with Crippen LogP contribution in [0.1, 0.15) is 5.56 Å². The van der Waals surface area contributed by atoms with E-state index in [9.17, 15) is 16.8 Å². The Hall–Kier alpha value is -2.20. The molecule has 0 aromatic heterocycles. The van der Waals surface area contributed by atoms with Gasteiger partial charge in [-0.15, -0.1) is 0 Å². The molecule has 132 valence electrons. The maximum absolute atomic E-state index is 12.2. The summed E-state index contributed by atoms with van der Waals surface area (Å²) in [6.07, 6.45) is 0. The second-order valence-corrected chi connectivity index (χ2v) is 8.13. The van der Waals surface area contributed by atoms with E-state index in [0.29, 0.717) is 0 Å². The molecule has 0 bridgehead atoms. The summed E-state index contributed by atoms with van der Waals surface area (Å²) in [5.41, 5.74) is -0.0768. The second kappa shape index (κ2) is 7.36. The average Bonchev–Trinajstić information content (AvgIpc) is 2.59. The van der Waals surface area contributed by atoms with Crippen LogP contribution in [-0.4, -0.2) is 22.0 Å². The number of nitriles is 1. The average molecular weight is 404 g/mol. The summed E-state index contributed by atoms with van der Waals surface area (Å²) >= 11 is 5.78. The molecule has 0 heterocycles. The number of benzene rings is 2. The molecule has 2 aromatic carbocycles. The first kappa shape index (κ1) is 19.1. The molecule has 25 heavy (non-hydrogen) atoms.